The fourth-order valence-corrected chi connectivity index (χ4v) is 6.44. The Labute approximate surface area is 237 Å². The summed E-state index contributed by atoms with van der Waals surface area (Å²) in [5.41, 5.74) is 12.2. The molecule has 0 saturated heterocycles. The van der Waals surface area contributed by atoms with E-state index in [1.807, 2.05) is 0 Å². The van der Waals surface area contributed by atoms with E-state index in [0.29, 0.717) is 5.92 Å². The zero-order valence-corrected chi connectivity index (χ0v) is 23.2. The SMILES string of the molecule is CC(C)C1CCc2c(c3ccccc3n2-c2cccc(-c3cc(-c4ccccc4)nc(-c4ccccc4)c3)c2)C1. The number of aromatic nitrogens is 2. The third kappa shape index (κ3) is 4.44. The normalized spacial score (nSPS) is 14.9. The van der Waals surface area contributed by atoms with Gasteiger partial charge in [-0.3, -0.25) is 0 Å². The van der Waals surface area contributed by atoms with Gasteiger partial charge in [-0.2, -0.15) is 0 Å². The Morgan fingerprint density at radius 2 is 1.27 bits per heavy atom. The van der Waals surface area contributed by atoms with Crippen molar-refractivity contribution in [1.82, 2.24) is 9.55 Å². The Kier molecular flexibility index (Phi) is 6.32. The minimum absolute atomic E-state index is 0.711. The van der Waals surface area contributed by atoms with Gasteiger partial charge in [0.15, 0.2) is 0 Å². The van der Waals surface area contributed by atoms with E-state index in [9.17, 15) is 0 Å². The van der Waals surface area contributed by atoms with Crippen LogP contribution in [0.5, 0.6) is 0 Å². The molecule has 4 aromatic carbocycles. The van der Waals surface area contributed by atoms with Crippen molar-refractivity contribution in [1.29, 1.82) is 0 Å². The lowest BCUT2D eigenvalue weighted by Gasteiger charge is -2.27. The lowest BCUT2D eigenvalue weighted by atomic mass is 9.80. The summed E-state index contributed by atoms with van der Waals surface area (Å²) in [4.78, 5) is 5.09. The molecule has 2 aromatic heterocycles. The minimum atomic E-state index is 0.711. The monoisotopic (exact) mass is 518 g/mol. The molecule has 2 nitrogen and oxygen atoms in total. The molecule has 0 saturated carbocycles. The predicted molar refractivity (Wildman–Crippen MR) is 168 cm³/mol. The topological polar surface area (TPSA) is 17.8 Å². The molecule has 2 heterocycles. The van der Waals surface area contributed by atoms with E-state index in [4.69, 9.17) is 4.98 Å². The van der Waals surface area contributed by atoms with Crippen LogP contribution in [0.1, 0.15) is 31.5 Å². The Hall–Kier alpha value is -4.43. The van der Waals surface area contributed by atoms with E-state index in [-0.39, 0.29) is 0 Å². The van der Waals surface area contributed by atoms with Gasteiger partial charge < -0.3 is 4.57 Å². The van der Waals surface area contributed by atoms with Crippen LogP contribution in [0.3, 0.4) is 0 Å². The predicted octanol–water partition coefficient (Wildman–Crippen LogP) is 9.79. The maximum absolute atomic E-state index is 5.09. The van der Waals surface area contributed by atoms with Gasteiger partial charge in [0.25, 0.3) is 0 Å². The van der Waals surface area contributed by atoms with Gasteiger partial charge in [0.1, 0.15) is 0 Å². The lowest BCUT2D eigenvalue weighted by Crippen LogP contribution is -2.19. The second-order valence-electron chi connectivity index (χ2n) is 11.4. The first kappa shape index (κ1) is 24.6. The highest BCUT2D eigenvalue weighted by atomic mass is 15.0. The van der Waals surface area contributed by atoms with Crippen molar-refractivity contribution in [2.24, 2.45) is 11.8 Å². The second kappa shape index (κ2) is 10.3. The van der Waals surface area contributed by atoms with Crippen LogP contribution in [0.2, 0.25) is 0 Å². The molecule has 7 rings (SSSR count). The third-order valence-electron chi connectivity index (χ3n) is 8.65. The summed E-state index contributed by atoms with van der Waals surface area (Å²) in [5, 5.41) is 1.41. The number of para-hydroxylation sites is 1. The van der Waals surface area contributed by atoms with E-state index in [1.165, 1.54) is 46.3 Å². The zero-order chi connectivity index (χ0) is 27.1. The van der Waals surface area contributed by atoms with Gasteiger partial charge in [0, 0.05) is 27.9 Å². The van der Waals surface area contributed by atoms with Crippen LogP contribution in [0.4, 0.5) is 0 Å². The molecule has 0 bridgehead atoms. The summed E-state index contributed by atoms with van der Waals surface area (Å²) in [5.74, 6) is 1.46. The summed E-state index contributed by atoms with van der Waals surface area (Å²) in [7, 11) is 0. The molecule has 6 aromatic rings. The molecule has 0 N–H and O–H groups in total. The third-order valence-corrected chi connectivity index (χ3v) is 8.65. The van der Waals surface area contributed by atoms with Gasteiger partial charge in [-0.25, -0.2) is 4.98 Å². The summed E-state index contributed by atoms with van der Waals surface area (Å²) < 4.78 is 2.53. The van der Waals surface area contributed by atoms with Crippen molar-refractivity contribution in [2.45, 2.75) is 33.1 Å². The number of benzene rings is 4. The first-order valence-electron chi connectivity index (χ1n) is 14.5. The Morgan fingerprint density at radius 3 is 1.95 bits per heavy atom. The van der Waals surface area contributed by atoms with E-state index in [0.717, 1.165) is 34.9 Å². The van der Waals surface area contributed by atoms with Crippen LogP contribution in [0, 0.1) is 11.8 Å². The maximum Gasteiger partial charge on any atom is 0.0715 e. The summed E-state index contributed by atoms with van der Waals surface area (Å²) in [6.45, 7) is 4.75. The van der Waals surface area contributed by atoms with Gasteiger partial charge in [-0.05, 0) is 78.1 Å². The molecule has 0 radical (unpaired) electrons. The Balaban J connectivity index is 1.38. The number of fused-ring (bicyclic) bond motifs is 3. The van der Waals surface area contributed by atoms with Crippen molar-refractivity contribution in [3.05, 3.63) is 133 Å². The van der Waals surface area contributed by atoms with E-state index in [1.54, 1.807) is 5.56 Å². The lowest BCUT2D eigenvalue weighted by molar-refractivity contribution is 0.341. The highest BCUT2D eigenvalue weighted by Crippen LogP contribution is 2.39. The molecular formula is C38H34N2. The molecule has 1 unspecified atom stereocenters. The number of hydrogen-bond acceptors (Lipinski definition) is 1. The number of hydrogen-bond donors (Lipinski definition) is 0. The second-order valence-corrected chi connectivity index (χ2v) is 11.4. The van der Waals surface area contributed by atoms with Crippen molar-refractivity contribution in [3.63, 3.8) is 0 Å². The highest BCUT2D eigenvalue weighted by Gasteiger charge is 2.27. The van der Waals surface area contributed by atoms with Gasteiger partial charge in [0.05, 0.1) is 16.9 Å². The number of pyridine rings is 1. The molecule has 0 fully saturated rings. The quantitative estimate of drug-likeness (QED) is 0.222. The molecule has 1 aliphatic carbocycles. The standard InChI is InChI=1S/C38H34N2/c1-26(2)29-20-21-38-34(23-29)33-18-9-10-19-37(33)40(38)32-17-11-16-30(22-32)31-24-35(27-12-5-3-6-13-27)39-36(25-31)28-14-7-4-8-15-28/h3-19,22,24-26,29H,20-21,23H2,1-2H3. The van der Waals surface area contributed by atoms with Crippen molar-refractivity contribution in [3.8, 4) is 39.3 Å². The average Bonchev–Trinajstić information content (AvgIpc) is 3.35. The average molecular weight is 519 g/mol. The van der Waals surface area contributed by atoms with E-state index < -0.39 is 0 Å². The van der Waals surface area contributed by atoms with E-state index in [2.05, 4.69) is 140 Å². The smallest absolute Gasteiger partial charge is 0.0715 e. The van der Waals surface area contributed by atoms with Crippen LogP contribution in [-0.2, 0) is 12.8 Å². The Morgan fingerprint density at radius 1 is 0.650 bits per heavy atom. The van der Waals surface area contributed by atoms with Gasteiger partial charge in [-0.1, -0.05) is 105 Å². The first-order chi connectivity index (χ1) is 19.7. The van der Waals surface area contributed by atoms with E-state index >= 15 is 0 Å². The van der Waals surface area contributed by atoms with Crippen LogP contribution < -0.4 is 0 Å². The van der Waals surface area contributed by atoms with Crippen LogP contribution >= 0.6 is 0 Å². The molecule has 2 heteroatoms. The summed E-state index contributed by atoms with van der Waals surface area (Å²) in [6, 6.07) is 43.5. The summed E-state index contributed by atoms with van der Waals surface area (Å²) in [6.07, 6.45) is 3.56. The molecule has 196 valence electrons. The molecular weight excluding hydrogens is 484 g/mol. The van der Waals surface area contributed by atoms with Crippen molar-refractivity contribution in [2.75, 3.05) is 0 Å². The molecule has 0 amide bonds. The zero-order valence-electron chi connectivity index (χ0n) is 23.2. The molecule has 1 atom stereocenters. The first-order valence-corrected chi connectivity index (χ1v) is 14.5. The number of rotatable bonds is 5. The van der Waals surface area contributed by atoms with Gasteiger partial charge >= 0.3 is 0 Å². The van der Waals surface area contributed by atoms with Gasteiger partial charge in [0.2, 0.25) is 0 Å². The number of nitrogens with zero attached hydrogens (tertiary/aromatic N) is 2. The fraction of sp³-hybridized carbons (Fsp3) is 0.184. The summed E-state index contributed by atoms with van der Waals surface area (Å²) >= 11 is 0. The molecule has 0 aliphatic heterocycles. The van der Waals surface area contributed by atoms with Crippen LogP contribution in [0.15, 0.2) is 121 Å². The maximum atomic E-state index is 5.09. The molecule has 40 heavy (non-hydrogen) atoms. The Bertz CT molecular complexity index is 1740. The van der Waals surface area contributed by atoms with Crippen LogP contribution in [0.25, 0.3) is 50.2 Å². The van der Waals surface area contributed by atoms with Crippen molar-refractivity contribution < 1.29 is 0 Å². The fourth-order valence-electron chi connectivity index (χ4n) is 6.44. The van der Waals surface area contributed by atoms with Crippen LogP contribution in [-0.4, -0.2) is 9.55 Å². The highest BCUT2D eigenvalue weighted by molar-refractivity contribution is 5.88. The molecule has 1 aliphatic rings. The minimum Gasteiger partial charge on any atom is -0.313 e. The van der Waals surface area contributed by atoms with Gasteiger partial charge in [-0.15, -0.1) is 0 Å². The molecule has 0 spiro atoms. The largest absolute Gasteiger partial charge is 0.313 e. The van der Waals surface area contributed by atoms with Crippen molar-refractivity contribution >= 4 is 10.9 Å².